The largest absolute Gasteiger partial charge is 0.481 e. The minimum atomic E-state index is -0.930. The molecular weight excluding hydrogens is 246 g/mol. The van der Waals surface area contributed by atoms with Gasteiger partial charge in [0.2, 0.25) is 5.91 Å². The van der Waals surface area contributed by atoms with Gasteiger partial charge in [-0.05, 0) is 18.8 Å². The maximum Gasteiger partial charge on any atom is 0.310 e. The van der Waals surface area contributed by atoms with Crippen molar-refractivity contribution < 1.29 is 19.4 Å². The number of aliphatic carboxylic acids is 1. The number of hydrogen-bond acceptors (Lipinski definition) is 3. The van der Waals surface area contributed by atoms with Gasteiger partial charge < -0.3 is 14.7 Å². The first-order valence-corrected chi connectivity index (χ1v) is 6.93. The Morgan fingerprint density at radius 3 is 2.32 bits per heavy atom. The second-order valence-corrected chi connectivity index (χ2v) is 5.85. The first kappa shape index (κ1) is 12.7. The quantitative estimate of drug-likeness (QED) is 0.753. The normalized spacial score (nSPS) is 37.8. The lowest BCUT2D eigenvalue weighted by Crippen LogP contribution is -2.47. The fraction of sp³-hybridized carbons (Fsp3) is 0.714. The Morgan fingerprint density at radius 2 is 1.74 bits per heavy atom. The Hall–Kier alpha value is -1.36. The van der Waals surface area contributed by atoms with Crippen LogP contribution in [0, 0.1) is 17.8 Å². The highest BCUT2D eigenvalue weighted by atomic mass is 16.5. The molecule has 3 heterocycles. The minimum Gasteiger partial charge on any atom is -0.481 e. The zero-order valence-electron chi connectivity index (χ0n) is 11.0. The van der Waals surface area contributed by atoms with Crippen LogP contribution in [0.15, 0.2) is 12.2 Å². The van der Waals surface area contributed by atoms with E-state index in [0.717, 1.165) is 25.9 Å². The summed E-state index contributed by atoms with van der Waals surface area (Å²) in [6.45, 7) is 3.67. The van der Waals surface area contributed by atoms with Crippen LogP contribution in [0.25, 0.3) is 0 Å². The van der Waals surface area contributed by atoms with Gasteiger partial charge >= 0.3 is 5.97 Å². The molecule has 0 aromatic heterocycles. The van der Waals surface area contributed by atoms with E-state index in [-0.39, 0.29) is 12.0 Å². The lowest BCUT2D eigenvalue weighted by Gasteiger charge is -2.34. The SMILES string of the molecule is CC1CCN(C(=O)[C@@H]2[C@@H](C(=O)O)[C@@H]3C=C[C@@H]2O3)CC1. The number of likely N-dealkylation sites (tertiary alicyclic amines) is 1. The van der Waals surface area contributed by atoms with E-state index in [0.29, 0.717) is 5.92 Å². The Kier molecular flexibility index (Phi) is 3.09. The van der Waals surface area contributed by atoms with Crippen LogP contribution in [-0.2, 0) is 14.3 Å². The Bertz CT molecular complexity index is 425. The minimum absolute atomic E-state index is 0.0452. The van der Waals surface area contributed by atoms with Gasteiger partial charge in [0.25, 0.3) is 0 Å². The van der Waals surface area contributed by atoms with Gasteiger partial charge in [-0.2, -0.15) is 0 Å². The second kappa shape index (κ2) is 4.63. The lowest BCUT2D eigenvalue weighted by molar-refractivity contribution is -0.150. The molecule has 0 aromatic rings. The fourth-order valence-corrected chi connectivity index (χ4v) is 3.34. The fourth-order valence-electron chi connectivity index (χ4n) is 3.34. The molecule has 1 N–H and O–H groups in total. The van der Waals surface area contributed by atoms with E-state index >= 15 is 0 Å². The van der Waals surface area contributed by atoms with Gasteiger partial charge in [0, 0.05) is 13.1 Å². The maximum atomic E-state index is 12.6. The van der Waals surface area contributed by atoms with Crippen LogP contribution in [0.5, 0.6) is 0 Å². The van der Waals surface area contributed by atoms with Crippen LogP contribution < -0.4 is 0 Å². The summed E-state index contributed by atoms with van der Waals surface area (Å²) in [5, 5.41) is 9.31. The molecule has 0 radical (unpaired) electrons. The van der Waals surface area contributed by atoms with Crippen LogP contribution in [-0.4, -0.2) is 47.2 Å². The molecule has 4 atom stereocenters. The van der Waals surface area contributed by atoms with E-state index in [1.807, 2.05) is 11.0 Å². The molecule has 0 saturated carbocycles. The van der Waals surface area contributed by atoms with Crippen molar-refractivity contribution in [3.8, 4) is 0 Å². The molecule has 3 aliphatic rings. The first-order valence-electron chi connectivity index (χ1n) is 6.93. The van der Waals surface area contributed by atoms with Crippen molar-refractivity contribution in [1.29, 1.82) is 0 Å². The zero-order valence-corrected chi connectivity index (χ0v) is 11.0. The van der Waals surface area contributed by atoms with E-state index in [1.165, 1.54) is 0 Å². The summed E-state index contributed by atoms with van der Waals surface area (Å²) < 4.78 is 5.55. The Labute approximate surface area is 112 Å². The molecule has 2 fully saturated rings. The monoisotopic (exact) mass is 265 g/mol. The number of carboxylic acid groups (broad SMARTS) is 1. The zero-order chi connectivity index (χ0) is 13.6. The maximum absolute atomic E-state index is 12.6. The van der Waals surface area contributed by atoms with Crippen LogP contribution in [0.3, 0.4) is 0 Å². The molecule has 3 rings (SSSR count). The summed E-state index contributed by atoms with van der Waals surface area (Å²) in [5.41, 5.74) is 0. The van der Waals surface area contributed by atoms with Crippen molar-refractivity contribution >= 4 is 11.9 Å². The third-order valence-electron chi connectivity index (χ3n) is 4.57. The Balaban J connectivity index is 1.75. The van der Waals surface area contributed by atoms with E-state index in [4.69, 9.17) is 4.74 Å². The smallest absolute Gasteiger partial charge is 0.310 e. The molecule has 5 nitrogen and oxygen atoms in total. The molecule has 0 spiro atoms. The number of carboxylic acids is 1. The molecule has 2 saturated heterocycles. The van der Waals surface area contributed by atoms with Crippen molar-refractivity contribution in [1.82, 2.24) is 4.90 Å². The van der Waals surface area contributed by atoms with Crippen molar-refractivity contribution in [3.05, 3.63) is 12.2 Å². The average molecular weight is 265 g/mol. The summed E-state index contributed by atoms with van der Waals surface area (Å²) in [5.74, 6) is -1.59. The number of amides is 1. The van der Waals surface area contributed by atoms with Gasteiger partial charge in [-0.3, -0.25) is 9.59 Å². The van der Waals surface area contributed by atoms with Crippen molar-refractivity contribution in [2.24, 2.45) is 17.8 Å². The molecular formula is C14H19NO4. The van der Waals surface area contributed by atoms with Crippen LogP contribution in [0.1, 0.15) is 19.8 Å². The number of carbonyl (C=O) groups excluding carboxylic acids is 1. The number of rotatable bonds is 2. The molecule has 1 amide bonds. The highest BCUT2D eigenvalue weighted by Crippen LogP contribution is 2.40. The highest BCUT2D eigenvalue weighted by molar-refractivity contribution is 5.87. The predicted octanol–water partition coefficient (Wildman–Crippen LogP) is 0.899. The summed E-state index contributed by atoms with van der Waals surface area (Å²) >= 11 is 0. The summed E-state index contributed by atoms with van der Waals surface area (Å²) in [4.78, 5) is 25.7. The van der Waals surface area contributed by atoms with Crippen LogP contribution >= 0.6 is 0 Å². The number of ether oxygens (including phenoxy) is 1. The van der Waals surface area contributed by atoms with Gasteiger partial charge in [0.1, 0.15) is 5.92 Å². The van der Waals surface area contributed by atoms with Crippen LogP contribution in [0.2, 0.25) is 0 Å². The van der Waals surface area contributed by atoms with E-state index in [1.54, 1.807) is 6.08 Å². The number of fused-ring (bicyclic) bond motifs is 2. The second-order valence-electron chi connectivity index (χ2n) is 5.85. The summed E-state index contributed by atoms with van der Waals surface area (Å²) in [7, 11) is 0. The molecule has 0 unspecified atom stereocenters. The van der Waals surface area contributed by atoms with Crippen LogP contribution in [0.4, 0.5) is 0 Å². The average Bonchev–Trinajstić information content (AvgIpc) is 2.98. The molecule has 3 aliphatic heterocycles. The van der Waals surface area contributed by atoms with Gasteiger partial charge in [-0.25, -0.2) is 0 Å². The van der Waals surface area contributed by atoms with Gasteiger partial charge in [0.15, 0.2) is 0 Å². The summed E-state index contributed by atoms with van der Waals surface area (Å²) in [6, 6.07) is 0. The number of carbonyl (C=O) groups is 2. The van der Waals surface area contributed by atoms with E-state index in [2.05, 4.69) is 6.92 Å². The summed E-state index contributed by atoms with van der Waals surface area (Å²) in [6.07, 6.45) is 4.82. The van der Waals surface area contributed by atoms with Gasteiger partial charge in [-0.15, -0.1) is 0 Å². The topological polar surface area (TPSA) is 66.8 Å². The first-order chi connectivity index (χ1) is 9.08. The number of nitrogens with zero attached hydrogens (tertiary/aromatic N) is 1. The Morgan fingerprint density at radius 1 is 1.16 bits per heavy atom. The van der Waals surface area contributed by atoms with Gasteiger partial charge in [-0.1, -0.05) is 19.1 Å². The molecule has 0 aliphatic carbocycles. The standard InChI is InChI=1S/C14H19NO4/c1-8-4-6-15(7-5-8)13(16)11-9-2-3-10(19-9)12(11)14(17)18/h2-3,8-12H,4-7H2,1H3,(H,17,18)/t9-,10-,11-,12-/m0/s1. The molecule has 104 valence electrons. The third kappa shape index (κ3) is 2.06. The third-order valence-corrected chi connectivity index (χ3v) is 4.57. The predicted molar refractivity (Wildman–Crippen MR) is 67.4 cm³/mol. The van der Waals surface area contributed by atoms with Crippen molar-refractivity contribution in [2.45, 2.75) is 32.0 Å². The van der Waals surface area contributed by atoms with Crippen molar-refractivity contribution in [2.75, 3.05) is 13.1 Å². The van der Waals surface area contributed by atoms with Crippen molar-refractivity contribution in [3.63, 3.8) is 0 Å². The van der Waals surface area contributed by atoms with Gasteiger partial charge in [0.05, 0.1) is 18.1 Å². The number of hydrogen-bond donors (Lipinski definition) is 1. The molecule has 19 heavy (non-hydrogen) atoms. The lowest BCUT2D eigenvalue weighted by atomic mass is 9.81. The number of piperidine rings is 1. The molecule has 0 aromatic carbocycles. The molecule has 5 heteroatoms. The highest BCUT2D eigenvalue weighted by Gasteiger charge is 2.54. The molecule has 2 bridgehead atoms. The van der Waals surface area contributed by atoms with E-state index < -0.39 is 23.9 Å². The van der Waals surface area contributed by atoms with E-state index in [9.17, 15) is 14.7 Å².